The van der Waals surface area contributed by atoms with E-state index in [1.807, 2.05) is 6.92 Å². The monoisotopic (exact) mass is 278 g/mol. The second-order valence-corrected chi connectivity index (χ2v) is 4.37. The van der Waals surface area contributed by atoms with Crippen LogP contribution in [0, 0.1) is 6.92 Å². The van der Waals surface area contributed by atoms with Crippen molar-refractivity contribution in [1.82, 2.24) is 5.01 Å². The van der Waals surface area contributed by atoms with Crippen LogP contribution >= 0.6 is 0 Å². The number of hydrogen-bond donors (Lipinski definition) is 2. The van der Waals surface area contributed by atoms with E-state index in [9.17, 15) is 9.59 Å². The van der Waals surface area contributed by atoms with E-state index in [0.717, 1.165) is 5.56 Å². The molecule has 2 N–H and O–H groups in total. The van der Waals surface area contributed by atoms with Crippen molar-refractivity contribution in [2.45, 2.75) is 6.92 Å². The van der Waals surface area contributed by atoms with Gasteiger partial charge in [0.05, 0.1) is 11.4 Å². The number of carbonyl (C=O) groups excluding carboxylic acids is 1. The van der Waals surface area contributed by atoms with Crippen LogP contribution in [0.5, 0.6) is 5.75 Å². The van der Waals surface area contributed by atoms with Gasteiger partial charge < -0.3 is 15.2 Å². The van der Waals surface area contributed by atoms with Crippen molar-refractivity contribution < 1.29 is 19.4 Å². The Morgan fingerprint density at radius 1 is 1.55 bits per heavy atom. The average molecular weight is 278 g/mol. The van der Waals surface area contributed by atoms with E-state index in [1.54, 1.807) is 12.1 Å². The number of fused-ring (bicyclic) bond motifs is 1. The zero-order chi connectivity index (χ0) is 14.7. The number of nitrogens with one attached hydrogen (secondary N) is 1. The van der Waals surface area contributed by atoms with Gasteiger partial charge in [-0.15, -0.1) is 5.11 Å². The van der Waals surface area contributed by atoms with Crippen LogP contribution in [0.25, 0.3) is 0 Å². The van der Waals surface area contributed by atoms with Crippen molar-refractivity contribution in [1.29, 1.82) is 0 Å². The number of ether oxygens (including phenoxy) is 1. The summed E-state index contributed by atoms with van der Waals surface area (Å²) in [6.07, 6.45) is 0. The molecule has 0 unspecified atom stereocenters. The number of anilines is 1. The Balaban J connectivity index is 2.19. The van der Waals surface area contributed by atoms with Crippen LogP contribution in [0.4, 0.5) is 11.4 Å². The summed E-state index contributed by atoms with van der Waals surface area (Å²) in [6, 6.07) is 3.39. The molecule has 1 heterocycles. The van der Waals surface area contributed by atoms with E-state index in [0.29, 0.717) is 17.1 Å². The summed E-state index contributed by atoms with van der Waals surface area (Å²) in [5.41, 5.74) is 1.94. The lowest BCUT2D eigenvalue weighted by molar-refractivity contribution is -0.138. The molecule has 0 aromatic heterocycles. The van der Waals surface area contributed by atoms with Crippen LogP contribution in [0.2, 0.25) is 0 Å². The van der Waals surface area contributed by atoms with Crippen molar-refractivity contribution in [2.24, 2.45) is 10.3 Å². The van der Waals surface area contributed by atoms with Crippen molar-refractivity contribution in [3.63, 3.8) is 0 Å². The fraction of sp³-hybridized carbons (Fsp3) is 0.333. The molecule has 0 fully saturated rings. The largest absolute Gasteiger partial charge is 0.482 e. The van der Waals surface area contributed by atoms with Crippen LogP contribution in [0.1, 0.15) is 5.56 Å². The smallest absolute Gasteiger partial charge is 0.324 e. The van der Waals surface area contributed by atoms with Gasteiger partial charge in [0.1, 0.15) is 12.3 Å². The number of carboxylic acids is 1. The third kappa shape index (κ3) is 3.22. The Morgan fingerprint density at radius 3 is 3.00 bits per heavy atom. The highest BCUT2D eigenvalue weighted by Gasteiger charge is 2.17. The fourth-order valence-corrected chi connectivity index (χ4v) is 1.68. The topological polar surface area (TPSA) is 104 Å². The van der Waals surface area contributed by atoms with Gasteiger partial charge in [-0.1, -0.05) is 5.22 Å². The first kappa shape index (κ1) is 13.8. The van der Waals surface area contributed by atoms with Gasteiger partial charge >= 0.3 is 5.97 Å². The summed E-state index contributed by atoms with van der Waals surface area (Å²) < 4.78 is 5.28. The summed E-state index contributed by atoms with van der Waals surface area (Å²) in [5.74, 6) is -0.669. The van der Waals surface area contributed by atoms with Crippen molar-refractivity contribution in [3.8, 4) is 5.75 Å². The molecular formula is C12H14N4O4. The van der Waals surface area contributed by atoms with E-state index >= 15 is 0 Å². The van der Waals surface area contributed by atoms with Crippen molar-refractivity contribution in [3.05, 3.63) is 17.7 Å². The van der Waals surface area contributed by atoms with Crippen LogP contribution in [-0.4, -0.2) is 42.2 Å². The third-order valence-corrected chi connectivity index (χ3v) is 2.60. The number of likely N-dealkylation sites (N-methyl/N-ethyl adjacent to an activating group) is 1. The Hall–Kier alpha value is -2.64. The second-order valence-electron chi connectivity index (χ2n) is 4.37. The van der Waals surface area contributed by atoms with Crippen molar-refractivity contribution in [2.75, 3.05) is 25.5 Å². The molecule has 106 valence electrons. The van der Waals surface area contributed by atoms with Crippen LogP contribution in [-0.2, 0) is 9.59 Å². The number of nitrogens with zero attached hydrogens (tertiary/aromatic N) is 3. The minimum atomic E-state index is -0.986. The number of rotatable bonds is 4. The first-order chi connectivity index (χ1) is 9.45. The van der Waals surface area contributed by atoms with Gasteiger partial charge in [-0.25, -0.2) is 0 Å². The molecule has 0 radical (unpaired) electrons. The molecule has 0 atom stereocenters. The molecule has 0 saturated heterocycles. The molecule has 20 heavy (non-hydrogen) atoms. The summed E-state index contributed by atoms with van der Waals surface area (Å²) in [4.78, 5) is 21.7. The maximum atomic E-state index is 11.2. The third-order valence-electron chi connectivity index (χ3n) is 2.60. The number of carboxylic acid groups (broad SMARTS) is 1. The minimum absolute atomic E-state index is 0.0361. The van der Waals surface area contributed by atoms with E-state index < -0.39 is 5.97 Å². The van der Waals surface area contributed by atoms with Gasteiger partial charge in [0.25, 0.3) is 5.91 Å². The molecule has 1 amide bonds. The Kier molecular flexibility index (Phi) is 3.83. The molecule has 2 rings (SSSR count). The maximum absolute atomic E-state index is 11.2. The number of carbonyl (C=O) groups is 2. The molecule has 0 bridgehead atoms. The van der Waals surface area contributed by atoms with Gasteiger partial charge in [-0.2, -0.15) is 0 Å². The van der Waals surface area contributed by atoms with Gasteiger partial charge in [-0.05, 0) is 18.6 Å². The van der Waals surface area contributed by atoms with Crippen LogP contribution in [0.3, 0.4) is 0 Å². The summed E-state index contributed by atoms with van der Waals surface area (Å²) in [7, 11) is 1.52. The van der Waals surface area contributed by atoms with Crippen LogP contribution in [0.15, 0.2) is 22.5 Å². The molecular weight excluding hydrogens is 264 g/mol. The Bertz CT molecular complexity index is 585. The van der Waals surface area contributed by atoms with Gasteiger partial charge in [0.15, 0.2) is 6.61 Å². The molecule has 1 aromatic carbocycles. The molecule has 0 saturated carbocycles. The van der Waals surface area contributed by atoms with Gasteiger partial charge in [0, 0.05) is 13.1 Å². The summed E-state index contributed by atoms with van der Waals surface area (Å²) in [6.45, 7) is 1.54. The Labute approximate surface area is 115 Å². The Morgan fingerprint density at radius 2 is 2.30 bits per heavy atom. The maximum Gasteiger partial charge on any atom is 0.324 e. The average Bonchev–Trinajstić information content (AvgIpc) is 2.35. The summed E-state index contributed by atoms with van der Waals surface area (Å²) >= 11 is 0. The highest BCUT2D eigenvalue weighted by molar-refractivity contribution is 5.95. The minimum Gasteiger partial charge on any atom is -0.482 e. The lowest BCUT2D eigenvalue weighted by Gasteiger charge is -2.18. The van der Waals surface area contributed by atoms with Gasteiger partial charge in [0.2, 0.25) is 0 Å². The number of aliphatic carboxylic acids is 1. The number of hydrogen-bond acceptors (Lipinski definition) is 5. The van der Waals surface area contributed by atoms with Crippen molar-refractivity contribution >= 4 is 23.3 Å². The van der Waals surface area contributed by atoms with E-state index in [2.05, 4.69) is 15.7 Å². The second kappa shape index (κ2) is 5.55. The molecule has 0 spiro atoms. The van der Waals surface area contributed by atoms with E-state index in [4.69, 9.17) is 9.84 Å². The lowest BCUT2D eigenvalue weighted by atomic mass is 10.1. The normalized spacial score (nSPS) is 13.6. The quantitative estimate of drug-likeness (QED) is 0.639. The molecule has 8 heteroatoms. The fourth-order valence-electron chi connectivity index (χ4n) is 1.68. The number of aryl methyl sites for hydroxylation is 1. The first-order valence-electron chi connectivity index (χ1n) is 5.87. The zero-order valence-electron chi connectivity index (χ0n) is 11.1. The SMILES string of the molecule is Cc1cc2c(cc1N=NN(C)CC(=O)O)OCC(=O)N2. The van der Waals surface area contributed by atoms with E-state index in [1.165, 1.54) is 12.1 Å². The zero-order valence-corrected chi connectivity index (χ0v) is 11.1. The highest BCUT2D eigenvalue weighted by Crippen LogP contribution is 2.34. The highest BCUT2D eigenvalue weighted by atomic mass is 16.5. The molecule has 1 aromatic rings. The number of benzene rings is 1. The predicted octanol–water partition coefficient (Wildman–Crippen LogP) is 1.34. The lowest BCUT2D eigenvalue weighted by Crippen LogP contribution is -2.25. The molecule has 1 aliphatic heterocycles. The first-order valence-corrected chi connectivity index (χ1v) is 5.87. The van der Waals surface area contributed by atoms with E-state index in [-0.39, 0.29) is 19.1 Å². The molecule has 8 nitrogen and oxygen atoms in total. The summed E-state index contributed by atoms with van der Waals surface area (Å²) in [5, 5.41) is 20.3. The predicted molar refractivity (Wildman–Crippen MR) is 70.1 cm³/mol. The molecule has 0 aliphatic carbocycles. The van der Waals surface area contributed by atoms with Gasteiger partial charge in [-0.3, -0.25) is 14.6 Å². The molecule has 1 aliphatic rings. The number of amides is 1. The van der Waals surface area contributed by atoms with Crippen LogP contribution < -0.4 is 10.1 Å². The standard InChI is InChI=1S/C12H14N4O4/c1-7-3-9-10(20-6-11(17)13-9)4-8(7)14-15-16(2)5-12(18)19/h3-4H,5-6H2,1-2H3,(H,13,17)(H,18,19).